The molecule has 1 fully saturated rings. The van der Waals surface area contributed by atoms with Crippen molar-refractivity contribution in [3.8, 4) is 0 Å². The third-order valence-corrected chi connectivity index (χ3v) is 7.23. The lowest BCUT2D eigenvalue weighted by atomic mass is 10.1. The second kappa shape index (κ2) is 6.99. The molecule has 2 aliphatic heterocycles. The highest BCUT2D eigenvalue weighted by molar-refractivity contribution is 7.93. The molecule has 0 unspecified atom stereocenters. The zero-order valence-electron chi connectivity index (χ0n) is 15.4. The number of aromatic nitrogens is 2. The molecule has 8 heteroatoms. The van der Waals surface area contributed by atoms with E-state index in [4.69, 9.17) is 0 Å². The monoisotopic (exact) mass is 388 g/mol. The Hall–Kier alpha value is -2.35. The minimum atomic E-state index is -3.26. The highest BCUT2D eigenvalue weighted by Gasteiger charge is 2.35. The van der Waals surface area contributed by atoms with Crippen LogP contribution in [0.4, 0.5) is 5.69 Å². The van der Waals surface area contributed by atoms with E-state index in [-0.39, 0.29) is 17.7 Å². The topological polar surface area (TPSA) is 75.5 Å². The van der Waals surface area contributed by atoms with E-state index in [9.17, 15) is 13.2 Å². The minimum Gasteiger partial charge on any atom is -0.332 e. The number of hydrogen-bond acceptors (Lipinski definition) is 4. The van der Waals surface area contributed by atoms with Crippen molar-refractivity contribution in [2.75, 3.05) is 16.6 Å². The first-order chi connectivity index (χ1) is 13.0. The van der Waals surface area contributed by atoms with Crippen LogP contribution < -0.4 is 4.31 Å². The van der Waals surface area contributed by atoms with Crippen LogP contribution in [0.25, 0.3) is 0 Å². The number of aryl methyl sites for hydroxylation is 1. The minimum absolute atomic E-state index is 0.0312. The molecule has 0 bridgehead atoms. The Morgan fingerprint density at radius 2 is 2.04 bits per heavy atom. The smallest absolute Gasteiger partial charge is 0.235 e. The molecule has 0 N–H and O–H groups in total. The van der Waals surface area contributed by atoms with Crippen molar-refractivity contribution < 1.29 is 13.2 Å². The Morgan fingerprint density at radius 3 is 2.74 bits per heavy atom. The predicted molar refractivity (Wildman–Crippen MR) is 103 cm³/mol. The van der Waals surface area contributed by atoms with Gasteiger partial charge in [0, 0.05) is 19.0 Å². The summed E-state index contributed by atoms with van der Waals surface area (Å²) in [6.07, 6.45) is 3.40. The van der Waals surface area contributed by atoms with Gasteiger partial charge in [0.15, 0.2) is 0 Å². The second-order valence-corrected chi connectivity index (χ2v) is 9.27. The van der Waals surface area contributed by atoms with Gasteiger partial charge in [-0.05, 0) is 25.3 Å². The number of hydrogen-bond donors (Lipinski definition) is 0. The zero-order chi connectivity index (χ0) is 19.0. The van der Waals surface area contributed by atoms with Crippen LogP contribution >= 0.6 is 0 Å². The molecule has 144 valence electrons. The van der Waals surface area contributed by atoms with E-state index in [0.29, 0.717) is 44.6 Å². The average molecular weight is 388 g/mol. The van der Waals surface area contributed by atoms with Crippen molar-refractivity contribution in [3.05, 3.63) is 47.8 Å². The van der Waals surface area contributed by atoms with Gasteiger partial charge in [-0.25, -0.2) is 8.42 Å². The maximum atomic E-state index is 12.8. The normalized spacial score (nSPS) is 21.3. The number of carbonyl (C=O) groups excluding carboxylic acids is 1. The van der Waals surface area contributed by atoms with Crippen molar-refractivity contribution >= 4 is 21.6 Å². The summed E-state index contributed by atoms with van der Waals surface area (Å²) in [5.41, 5.74) is 2.58. The molecule has 1 atom stereocenters. The highest BCUT2D eigenvalue weighted by atomic mass is 32.2. The molecule has 0 radical (unpaired) electrons. The number of amides is 1. The summed E-state index contributed by atoms with van der Waals surface area (Å²) in [5.74, 6) is 0.266. The SMILES string of the molecule is C[C@H]1Cn2ncc(N3CCCS3(=O)=O)c2CN1C(=O)CCc1ccccc1. The first-order valence-electron chi connectivity index (χ1n) is 9.34. The lowest BCUT2D eigenvalue weighted by Crippen LogP contribution is -2.45. The molecular formula is C19H24N4O3S. The van der Waals surface area contributed by atoms with E-state index in [1.807, 2.05) is 46.8 Å². The van der Waals surface area contributed by atoms with Gasteiger partial charge in [0.2, 0.25) is 15.9 Å². The molecule has 1 aromatic carbocycles. The van der Waals surface area contributed by atoms with Crippen molar-refractivity contribution in [1.29, 1.82) is 0 Å². The standard InChI is InChI=1S/C19H24N4O3S/c1-15-13-22-18(17(12-20-22)23-10-5-11-27(23,25)26)14-21(15)19(24)9-8-16-6-3-2-4-7-16/h2-4,6-7,12,15H,5,8-11,13-14H2,1H3/t15-/m0/s1. The molecule has 7 nitrogen and oxygen atoms in total. The first kappa shape index (κ1) is 18.0. The summed E-state index contributed by atoms with van der Waals surface area (Å²) in [5, 5.41) is 4.38. The number of nitrogens with zero attached hydrogens (tertiary/aromatic N) is 4. The Bertz CT molecular complexity index is 939. The van der Waals surface area contributed by atoms with Crippen LogP contribution in [0.3, 0.4) is 0 Å². The number of sulfonamides is 1. The van der Waals surface area contributed by atoms with Gasteiger partial charge < -0.3 is 4.90 Å². The molecule has 4 rings (SSSR count). The molecule has 3 heterocycles. The van der Waals surface area contributed by atoms with Gasteiger partial charge in [0.1, 0.15) is 0 Å². The van der Waals surface area contributed by atoms with E-state index in [2.05, 4.69) is 5.10 Å². The summed E-state index contributed by atoms with van der Waals surface area (Å²) in [4.78, 5) is 14.7. The van der Waals surface area contributed by atoms with Gasteiger partial charge >= 0.3 is 0 Å². The second-order valence-electron chi connectivity index (χ2n) is 7.26. The summed E-state index contributed by atoms with van der Waals surface area (Å²) in [7, 11) is -3.26. The molecule has 0 spiro atoms. The molecule has 2 aliphatic rings. The molecule has 1 saturated heterocycles. The van der Waals surface area contributed by atoms with E-state index in [1.165, 1.54) is 4.31 Å². The predicted octanol–water partition coefficient (Wildman–Crippen LogP) is 1.79. The fourth-order valence-electron chi connectivity index (χ4n) is 3.88. The fraction of sp³-hybridized carbons (Fsp3) is 0.474. The lowest BCUT2D eigenvalue weighted by Gasteiger charge is -2.35. The molecule has 2 aromatic rings. The van der Waals surface area contributed by atoms with Crippen LogP contribution in [0, 0.1) is 0 Å². The molecule has 0 saturated carbocycles. The zero-order valence-corrected chi connectivity index (χ0v) is 16.2. The van der Waals surface area contributed by atoms with Gasteiger partial charge in [-0.3, -0.25) is 13.8 Å². The molecule has 0 aliphatic carbocycles. The summed E-state index contributed by atoms with van der Waals surface area (Å²) in [6.45, 7) is 3.48. The number of benzene rings is 1. The molecule has 1 aromatic heterocycles. The average Bonchev–Trinajstić information content (AvgIpc) is 3.21. The van der Waals surface area contributed by atoms with Crippen LogP contribution in [0.5, 0.6) is 0 Å². The third kappa shape index (κ3) is 3.45. The lowest BCUT2D eigenvalue weighted by molar-refractivity contribution is -0.135. The van der Waals surface area contributed by atoms with Crippen LogP contribution in [0.1, 0.15) is 31.0 Å². The van der Waals surface area contributed by atoms with Crippen LogP contribution in [0.15, 0.2) is 36.5 Å². The number of rotatable bonds is 4. The van der Waals surface area contributed by atoms with Gasteiger partial charge in [0.25, 0.3) is 0 Å². The Kier molecular flexibility index (Phi) is 4.67. The van der Waals surface area contributed by atoms with Crippen molar-refractivity contribution in [2.45, 2.75) is 45.3 Å². The summed E-state index contributed by atoms with van der Waals surface area (Å²) < 4.78 is 27.9. The van der Waals surface area contributed by atoms with E-state index in [0.717, 1.165) is 11.3 Å². The molecular weight excluding hydrogens is 364 g/mol. The van der Waals surface area contributed by atoms with Gasteiger partial charge in [0.05, 0.1) is 36.4 Å². The maximum Gasteiger partial charge on any atom is 0.235 e. The van der Waals surface area contributed by atoms with Crippen LogP contribution in [-0.2, 0) is 34.3 Å². The number of carbonyl (C=O) groups is 1. The van der Waals surface area contributed by atoms with Crippen LogP contribution in [-0.4, -0.2) is 47.3 Å². The van der Waals surface area contributed by atoms with E-state index < -0.39 is 10.0 Å². The van der Waals surface area contributed by atoms with E-state index in [1.54, 1.807) is 6.20 Å². The van der Waals surface area contributed by atoms with Gasteiger partial charge in [-0.15, -0.1) is 0 Å². The Morgan fingerprint density at radius 1 is 1.26 bits per heavy atom. The van der Waals surface area contributed by atoms with Crippen LogP contribution in [0.2, 0.25) is 0 Å². The summed E-state index contributed by atoms with van der Waals surface area (Å²) >= 11 is 0. The molecule has 1 amide bonds. The Labute approximate surface area is 159 Å². The molecule has 27 heavy (non-hydrogen) atoms. The third-order valence-electron chi connectivity index (χ3n) is 5.37. The van der Waals surface area contributed by atoms with Crippen molar-refractivity contribution in [2.24, 2.45) is 0 Å². The number of fused-ring (bicyclic) bond motifs is 1. The quantitative estimate of drug-likeness (QED) is 0.800. The van der Waals surface area contributed by atoms with E-state index >= 15 is 0 Å². The highest BCUT2D eigenvalue weighted by Crippen LogP contribution is 2.31. The number of anilines is 1. The van der Waals surface area contributed by atoms with Gasteiger partial charge in [-0.1, -0.05) is 30.3 Å². The fourth-order valence-corrected chi connectivity index (χ4v) is 5.45. The van der Waals surface area contributed by atoms with Gasteiger partial charge in [-0.2, -0.15) is 5.10 Å². The Balaban J connectivity index is 1.52. The van der Waals surface area contributed by atoms with Crippen molar-refractivity contribution in [1.82, 2.24) is 14.7 Å². The first-order valence-corrected chi connectivity index (χ1v) is 10.9. The van der Waals surface area contributed by atoms with Crippen molar-refractivity contribution in [3.63, 3.8) is 0 Å². The summed E-state index contributed by atoms with van der Waals surface area (Å²) in [6, 6.07) is 10.0. The largest absolute Gasteiger partial charge is 0.332 e. The maximum absolute atomic E-state index is 12.8.